The van der Waals surface area contributed by atoms with Crippen molar-refractivity contribution in [3.63, 3.8) is 0 Å². The lowest BCUT2D eigenvalue weighted by atomic mass is 9.68. The summed E-state index contributed by atoms with van der Waals surface area (Å²) in [6.07, 6.45) is 0. The van der Waals surface area contributed by atoms with Gasteiger partial charge < -0.3 is 9.47 Å². The molecule has 9 aromatic carbocycles. The lowest BCUT2D eigenvalue weighted by Crippen LogP contribution is -2.28. The number of fused-ring (bicyclic) bond motifs is 6. The molecule has 1 aromatic heterocycles. The van der Waals surface area contributed by atoms with E-state index in [-0.39, 0.29) is 0 Å². The van der Waals surface area contributed by atoms with E-state index in [0.717, 1.165) is 55.6 Å². The summed E-state index contributed by atoms with van der Waals surface area (Å²) < 4.78 is 13.7. The molecule has 0 bridgehead atoms. The normalized spacial score (nSPS) is 12.7. The predicted octanol–water partition coefficient (Wildman–Crippen LogP) is 14.3. The van der Waals surface area contributed by atoms with E-state index in [2.05, 4.69) is 127 Å². The fourth-order valence-corrected chi connectivity index (χ4v) is 9.54. The monoisotopic (exact) mass is 832 g/mol. The fraction of sp³-hybridized carbons (Fsp3) is 0.0169. The van der Waals surface area contributed by atoms with E-state index in [4.69, 9.17) is 24.4 Å². The molecule has 1 aliphatic carbocycles. The van der Waals surface area contributed by atoms with Crippen molar-refractivity contribution in [3.05, 3.63) is 246 Å². The van der Waals surface area contributed by atoms with Crippen molar-refractivity contribution in [2.24, 2.45) is 0 Å². The molecule has 0 atom stereocenters. The first-order valence-corrected chi connectivity index (χ1v) is 21.6. The van der Waals surface area contributed by atoms with E-state index >= 15 is 0 Å². The van der Waals surface area contributed by atoms with Crippen LogP contribution in [0.1, 0.15) is 27.8 Å². The third kappa shape index (κ3) is 6.37. The number of aromatic nitrogens is 3. The summed E-state index contributed by atoms with van der Waals surface area (Å²) >= 11 is 0. The van der Waals surface area contributed by atoms with E-state index < -0.39 is 5.41 Å². The maximum Gasteiger partial charge on any atom is 0.178 e. The first-order chi connectivity index (χ1) is 32.1. The fourth-order valence-electron chi connectivity index (χ4n) is 9.54. The first-order valence-electron chi connectivity index (χ1n) is 21.6. The number of nitrogens with zero attached hydrogens (tertiary/aromatic N) is 4. The Bertz CT molecular complexity index is 3470. The van der Waals surface area contributed by atoms with Crippen LogP contribution < -0.4 is 9.47 Å². The van der Waals surface area contributed by atoms with Crippen molar-refractivity contribution < 1.29 is 9.47 Å². The SMILES string of the molecule is N#Cc1cccc(-c2cccc(-c3nc(-c4ccccc4)nc(-c4cccc(-c5ccc6c(c5)Oc5ccc7c(c5O6)-c5ccccc5C7(c5ccccc5)c5ccccc5)c4)n3)c2)c1. The molecule has 65 heavy (non-hydrogen) atoms. The number of hydrogen-bond donors (Lipinski definition) is 0. The van der Waals surface area contributed by atoms with Gasteiger partial charge in [0, 0.05) is 22.3 Å². The summed E-state index contributed by atoms with van der Waals surface area (Å²) in [5, 5.41) is 9.54. The van der Waals surface area contributed by atoms with Gasteiger partial charge in [-0.2, -0.15) is 5.26 Å². The average Bonchev–Trinajstić information content (AvgIpc) is 3.70. The topological polar surface area (TPSA) is 80.9 Å². The maximum atomic E-state index is 9.54. The quantitative estimate of drug-likeness (QED) is 0.159. The molecule has 0 spiro atoms. The molecule has 0 saturated carbocycles. The van der Waals surface area contributed by atoms with Crippen molar-refractivity contribution in [3.8, 4) is 96.6 Å². The molecular weight excluding hydrogens is 797 g/mol. The summed E-state index contributed by atoms with van der Waals surface area (Å²) in [7, 11) is 0. The van der Waals surface area contributed by atoms with E-state index in [1.54, 1.807) is 0 Å². The van der Waals surface area contributed by atoms with Gasteiger partial charge in [-0.3, -0.25) is 0 Å². The molecule has 6 nitrogen and oxygen atoms in total. The molecule has 0 unspecified atom stereocenters. The van der Waals surface area contributed by atoms with Crippen LogP contribution in [-0.4, -0.2) is 15.0 Å². The zero-order chi connectivity index (χ0) is 43.3. The number of benzene rings is 9. The van der Waals surface area contributed by atoms with Crippen LogP contribution in [0.4, 0.5) is 0 Å². The van der Waals surface area contributed by atoms with Crippen LogP contribution in [0, 0.1) is 11.3 Å². The highest BCUT2D eigenvalue weighted by Crippen LogP contribution is 2.62. The second kappa shape index (κ2) is 15.5. The van der Waals surface area contributed by atoms with Crippen molar-refractivity contribution in [2.45, 2.75) is 5.41 Å². The summed E-state index contributed by atoms with van der Waals surface area (Å²) in [6, 6.07) is 76.7. The van der Waals surface area contributed by atoms with Crippen LogP contribution in [0.2, 0.25) is 0 Å². The van der Waals surface area contributed by atoms with Gasteiger partial charge in [0.2, 0.25) is 0 Å². The summed E-state index contributed by atoms with van der Waals surface area (Å²) in [5.74, 6) is 4.35. The van der Waals surface area contributed by atoms with Gasteiger partial charge in [0.05, 0.1) is 17.0 Å². The molecule has 1 aliphatic heterocycles. The molecule has 0 radical (unpaired) electrons. The third-order valence-electron chi connectivity index (χ3n) is 12.5. The minimum Gasteiger partial charge on any atom is -0.449 e. The third-order valence-corrected chi connectivity index (χ3v) is 12.5. The molecule has 2 aliphatic rings. The van der Waals surface area contributed by atoms with Crippen molar-refractivity contribution >= 4 is 0 Å². The van der Waals surface area contributed by atoms with Crippen LogP contribution in [0.5, 0.6) is 23.0 Å². The number of hydrogen-bond acceptors (Lipinski definition) is 6. The largest absolute Gasteiger partial charge is 0.449 e. The maximum absolute atomic E-state index is 9.54. The van der Waals surface area contributed by atoms with Gasteiger partial charge in [-0.15, -0.1) is 0 Å². The Morgan fingerprint density at radius 1 is 0.369 bits per heavy atom. The predicted molar refractivity (Wildman–Crippen MR) is 256 cm³/mol. The van der Waals surface area contributed by atoms with Crippen LogP contribution in [0.25, 0.3) is 67.5 Å². The van der Waals surface area contributed by atoms with Gasteiger partial charge in [-0.05, 0) is 92.5 Å². The van der Waals surface area contributed by atoms with E-state index in [1.807, 2.05) is 97.1 Å². The second-order valence-corrected chi connectivity index (χ2v) is 16.2. The van der Waals surface area contributed by atoms with Gasteiger partial charge in [-0.1, -0.05) is 176 Å². The molecule has 10 aromatic rings. The Morgan fingerprint density at radius 2 is 0.877 bits per heavy atom. The number of ether oxygens (including phenoxy) is 2. The van der Waals surface area contributed by atoms with Crippen LogP contribution in [-0.2, 0) is 5.41 Å². The highest BCUT2D eigenvalue weighted by Gasteiger charge is 2.48. The van der Waals surface area contributed by atoms with E-state index in [1.165, 1.54) is 16.7 Å². The molecule has 304 valence electrons. The second-order valence-electron chi connectivity index (χ2n) is 16.2. The van der Waals surface area contributed by atoms with Crippen LogP contribution >= 0.6 is 0 Å². The molecule has 0 saturated heterocycles. The standard InChI is InChI=1S/C59H36N4O2/c60-37-38-15-12-18-40(33-38)41-19-13-21-44(34-41)57-61-56(39-16-4-1-5-17-39)62-58(63-57)45-22-14-20-42(35-45)43-29-31-51-53(36-43)64-52-32-30-50-54(55(52)65-51)48-27-10-11-28-49(48)59(50,46-23-6-2-7-24-46)47-25-8-3-9-26-47/h1-36H. The molecular formula is C59H36N4O2. The Balaban J connectivity index is 0.916. The zero-order valence-electron chi connectivity index (χ0n) is 34.9. The van der Waals surface area contributed by atoms with Crippen molar-refractivity contribution in [2.75, 3.05) is 0 Å². The molecule has 0 amide bonds. The Labute approximate surface area is 376 Å². The van der Waals surface area contributed by atoms with E-state index in [0.29, 0.717) is 46.0 Å². The summed E-state index contributed by atoms with van der Waals surface area (Å²) in [6.45, 7) is 0. The molecule has 0 N–H and O–H groups in total. The minimum atomic E-state index is -0.543. The highest BCUT2D eigenvalue weighted by molar-refractivity contribution is 5.92. The number of rotatable bonds is 7. The minimum absolute atomic E-state index is 0.543. The number of nitriles is 1. The van der Waals surface area contributed by atoms with Gasteiger partial charge in [0.15, 0.2) is 40.5 Å². The molecule has 6 heteroatoms. The first kappa shape index (κ1) is 37.8. The molecule has 12 rings (SSSR count). The highest BCUT2D eigenvalue weighted by atomic mass is 16.6. The summed E-state index contributed by atoms with van der Waals surface area (Å²) in [4.78, 5) is 15.1. The zero-order valence-corrected chi connectivity index (χ0v) is 34.9. The van der Waals surface area contributed by atoms with Gasteiger partial charge in [-0.25, -0.2) is 15.0 Å². The van der Waals surface area contributed by atoms with Gasteiger partial charge >= 0.3 is 0 Å². The van der Waals surface area contributed by atoms with Crippen molar-refractivity contribution in [1.29, 1.82) is 5.26 Å². The smallest absolute Gasteiger partial charge is 0.178 e. The van der Waals surface area contributed by atoms with E-state index in [9.17, 15) is 5.26 Å². The lowest BCUT2D eigenvalue weighted by Gasteiger charge is -2.34. The van der Waals surface area contributed by atoms with Gasteiger partial charge in [0.1, 0.15) is 0 Å². The van der Waals surface area contributed by atoms with Crippen molar-refractivity contribution in [1.82, 2.24) is 15.0 Å². The summed E-state index contributed by atoms with van der Waals surface area (Å²) in [5.41, 5.74) is 13.4. The van der Waals surface area contributed by atoms with Gasteiger partial charge in [0.25, 0.3) is 0 Å². The molecule has 2 heterocycles. The van der Waals surface area contributed by atoms with Crippen LogP contribution in [0.15, 0.2) is 218 Å². The molecule has 0 fully saturated rings. The average molecular weight is 833 g/mol. The Kier molecular flexibility index (Phi) is 8.99. The Hall–Kier alpha value is -8.92. The van der Waals surface area contributed by atoms with Crippen LogP contribution in [0.3, 0.4) is 0 Å². The lowest BCUT2D eigenvalue weighted by molar-refractivity contribution is 0.360. The Morgan fingerprint density at radius 3 is 1.52 bits per heavy atom.